The Kier molecular flexibility index (Phi) is 3.70. The Hall–Kier alpha value is -0.650. The monoisotopic (exact) mass is 240 g/mol. The molecule has 2 atom stereocenters. The molecule has 0 aromatic heterocycles. The lowest BCUT2D eigenvalue weighted by Gasteiger charge is -2.28. The molecule has 0 radical (unpaired) electrons. The zero-order valence-corrected chi connectivity index (χ0v) is 10.7. The van der Waals surface area contributed by atoms with Crippen molar-refractivity contribution in [3.63, 3.8) is 0 Å². The van der Waals surface area contributed by atoms with Crippen molar-refractivity contribution in [1.82, 2.24) is 9.80 Å². The number of carbonyl (C=O) groups is 1. The van der Waals surface area contributed by atoms with Crippen molar-refractivity contribution in [3.8, 4) is 0 Å². The molecule has 98 valence electrons. The fourth-order valence-electron chi connectivity index (χ4n) is 2.90. The van der Waals surface area contributed by atoms with Gasteiger partial charge in [0, 0.05) is 19.1 Å². The van der Waals surface area contributed by atoms with Crippen LogP contribution in [0.1, 0.15) is 26.2 Å². The van der Waals surface area contributed by atoms with Crippen molar-refractivity contribution in [2.45, 2.75) is 37.8 Å². The van der Waals surface area contributed by atoms with Crippen LogP contribution >= 0.6 is 0 Å². The first-order valence-corrected chi connectivity index (χ1v) is 6.54. The Balaban J connectivity index is 1.83. The number of carbonyl (C=O) groups excluding carboxylic acids is 1. The molecule has 0 aromatic rings. The van der Waals surface area contributed by atoms with Crippen LogP contribution in [0.15, 0.2) is 0 Å². The number of hydrogen-bond acceptors (Lipinski definition) is 4. The molecule has 5 heteroatoms. The molecular formula is C12H24N4O. The van der Waals surface area contributed by atoms with E-state index in [1.54, 1.807) is 6.92 Å². The summed E-state index contributed by atoms with van der Waals surface area (Å²) in [5.41, 5.74) is 10.3. The summed E-state index contributed by atoms with van der Waals surface area (Å²) in [6, 6.07) is 0.654. The topological polar surface area (TPSA) is 75.6 Å². The summed E-state index contributed by atoms with van der Waals surface area (Å²) in [5.74, 6) is -0.415. The van der Waals surface area contributed by atoms with E-state index in [2.05, 4.69) is 9.80 Å². The lowest BCUT2D eigenvalue weighted by atomic mass is 10.0. The molecule has 2 aliphatic heterocycles. The SMILES string of the molecule is CC(N)(CN1CCC(N2CCCC2)C1)C(N)=O. The second-order valence-electron chi connectivity index (χ2n) is 5.70. The molecule has 4 N–H and O–H groups in total. The molecule has 2 heterocycles. The van der Waals surface area contributed by atoms with E-state index in [1.165, 1.54) is 32.4 Å². The van der Waals surface area contributed by atoms with Gasteiger partial charge in [-0.25, -0.2) is 0 Å². The van der Waals surface area contributed by atoms with Gasteiger partial charge in [0.05, 0.1) is 0 Å². The van der Waals surface area contributed by atoms with Crippen LogP contribution < -0.4 is 11.5 Å². The molecule has 0 aromatic carbocycles. The number of nitrogens with two attached hydrogens (primary N) is 2. The largest absolute Gasteiger partial charge is 0.368 e. The van der Waals surface area contributed by atoms with Gasteiger partial charge in [-0.2, -0.15) is 0 Å². The molecular weight excluding hydrogens is 216 g/mol. The van der Waals surface area contributed by atoms with Gasteiger partial charge >= 0.3 is 0 Å². The van der Waals surface area contributed by atoms with Gasteiger partial charge in [0.2, 0.25) is 5.91 Å². The van der Waals surface area contributed by atoms with Crippen molar-refractivity contribution >= 4 is 5.91 Å². The van der Waals surface area contributed by atoms with Gasteiger partial charge < -0.3 is 11.5 Å². The zero-order valence-electron chi connectivity index (χ0n) is 10.7. The average Bonchev–Trinajstić information content (AvgIpc) is 2.85. The summed E-state index contributed by atoms with van der Waals surface area (Å²) in [7, 11) is 0. The summed E-state index contributed by atoms with van der Waals surface area (Å²) < 4.78 is 0. The van der Waals surface area contributed by atoms with Crippen LogP contribution in [0, 0.1) is 0 Å². The minimum atomic E-state index is -0.903. The zero-order chi connectivity index (χ0) is 12.5. The Morgan fingerprint density at radius 1 is 1.35 bits per heavy atom. The number of primary amides is 1. The number of hydrogen-bond donors (Lipinski definition) is 2. The predicted molar refractivity (Wildman–Crippen MR) is 67.4 cm³/mol. The first kappa shape index (κ1) is 12.8. The fraction of sp³-hybridized carbons (Fsp3) is 0.917. The van der Waals surface area contributed by atoms with Gasteiger partial charge in [-0.05, 0) is 45.8 Å². The van der Waals surface area contributed by atoms with Crippen LogP contribution in [0.25, 0.3) is 0 Å². The molecule has 1 amide bonds. The fourth-order valence-corrected chi connectivity index (χ4v) is 2.90. The molecule has 2 saturated heterocycles. The van der Waals surface area contributed by atoms with E-state index in [9.17, 15) is 4.79 Å². The maximum atomic E-state index is 11.2. The van der Waals surface area contributed by atoms with Gasteiger partial charge in [-0.1, -0.05) is 0 Å². The van der Waals surface area contributed by atoms with E-state index in [0.29, 0.717) is 12.6 Å². The minimum absolute atomic E-state index is 0.415. The van der Waals surface area contributed by atoms with Crippen LogP contribution in [0.3, 0.4) is 0 Å². The second kappa shape index (κ2) is 4.92. The molecule has 2 rings (SSSR count). The average molecular weight is 240 g/mol. The summed E-state index contributed by atoms with van der Waals surface area (Å²) in [5, 5.41) is 0. The quantitative estimate of drug-likeness (QED) is 0.685. The number of rotatable bonds is 4. The highest BCUT2D eigenvalue weighted by atomic mass is 16.1. The number of amides is 1. The van der Waals surface area contributed by atoms with Crippen LogP contribution in [0.5, 0.6) is 0 Å². The molecule has 2 unspecified atom stereocenters. The maximum absolute atomic E-state index is 11.2. The van der Waals surface area contributed by atoms with Gasteiger partial charge in [0.25, 0.3) is 0 Å². The Bertz CT molecular complexity index is 286. The van der Waals surface area contributed by atoms with Crippen molar-refractivity contribution in [2.24, 2.45) is 11.5 Å². The summed E-state index contributed by atoms with van der Waals surface area (Å²) in [6.45, 7) is 6.81. The second-order valence-corrected chi connectivity index (χ2v) is 5.70. The van der Waals surface area contributed by atoms with E-state index in [4.69, 9.17) is 11.5 Å². The molecule has 17 heavy (non-hydrogen) atoms. The maximum Gasteiger partial charge on any atom is 0.238 e. The van der Waals surface area contributed by atoms with E-state index < -0.39 is 11.4 Å². The van der Waals surface area contributed by atoms with Crippen LogP contribution in [-0.4, -0.2) is 60.0 Å². The summed E-state index contributed by atoms with van der Waals surface area (Å²) >= 11 is 0. The third-order valence-corrected chi connectivity index (χ3v) is 4.02. The Labute approximate surface area is 103 Å². The van der Waals surface area contributed by atoms with Crippen molar-refractivity contribution in [3.05, 3.63) is 0 Å². The molecule has 5 nitrogen and oxygen atoms in total. The minimum Gasteiger partial charge on any atom is -0.368 e. The molecule has 0 spiro atoms. The normalized spacial score (nSPS) is 30.6. The van der Waals surface area contributed by atoms with E-state index in [1.807, 2.05) is 0 Å². The molecule has 0 aliphatic carbocycles. The van der Waals surface area contributed by atoms with Gasteiger partial charge in [-0.3, -0.25) is 14.6 Å². The Morgan fingerprint density at radius 2 is 2.00 bits per heavy atom. The molecule has 2 aliphatic rings. The number of likely N-dealkylation sites (tertiary alicyclic amines) is 2. The molecule has 0 saturated carbocycles. The van der Waals surface area contributed by atoms with Crippen LogP contribution in [-0.2, 0) is 4.79 Å². The predicted octanol–water partition coefficient (Wildman–Crippen LogP) is -0.641. The summed E-state index contributed by atoms with van der Waals surface area (Å²) in [6.07, 6.45) is 3.84. The first-order valence-electron chi connectivity index (χ1n) is 6.54. The third-order valence-electron chi connectivity index (χ3n) is 4.02. The van der Waals surface area contributed by atoms with E-state index >= 15 is 0 Å². The van der Waals surface area contributed by atoms with Crippen molar-refractivity contribution in [2.75, 3.05) is 32.7 Å². The highest BCUT2D eigenvalue weighted by molar-refractivity contribution is 5.84. The molecule has 2 fully saturated rings. The smallest absolute Gasteiger partial charge is 0.238 e. The van der Waals surface area contributed by atoms with Gasteiger partial charge in [0.15, 0.2) is 0 Å². The van der Waals surface area contributed by atoms with E-state index in [-0.39, 0.29) is 0 Å². The highest BCUT2D eigenvalue weighted by Crippen LogP contribution is 2.21. The number of nitrogens with zero attached hydrogens (tertiary/aromatic N) is 2. The first-order chi connectivity index (χ1) is 7.99. The van der Waals surface area contributed by atoms with Gasteiger partial charge in [0.1, 0.15) is 5.54 Å². The van der Waals surface area contributed by atoms with Crippen LogP contribution in [0.4, 0.5) is 0 Å². The highest BCUT2D eigenvalue weighted by Gasteiger charge is 2.34. The lowest BCUT2D eigenvalue weighted by Crippen LogP contribution is -2.56. The lowest BCUT2D eigenvalue weighted by molar-refractivity contribution is -0.123. The van der Waals surface area contributed by atoms with Crippen molar-refractivity contribution in [1.29, 1.82) is 0 Å². The van der Waals surface area contributed by atoms with Gasteiger partial charge in [-0.15, -0.1) is 0 Å². The van der Waals surface area contributed by atoms with E-state index in [0.717, 1.165) is 13.1 Å². The summed E-state index contributed by atoms with van der Waals surface area (Å²) in [4.78, 5) is 16.0. The Morgan fingerprint density at radius 3 is 2.59 bits per heavy atom. The van der Waals surface area contributed by atoms with Crippen LogP contribution in [0.2, 0.25) is 0 Å². The van der Waals surface area contributed by atoms with Crippen molar-refractivity contribution < 1.29 is 4.79 Å². The molecule has 0 bridgehead atoms. The standard InChI is InChI=1S/C12H24N4O/c1-12(14,11(13)17)9-15-7-4-10(8-15)16-5-2-3-6-16/h10H,2-9,14H2,1H3,(H2,13,17). The third kappa shape index (κ3) is 2.97.